The molecule has 1 aliphatic carbocycles. The van der Waals surface area contributed by atoms with Gasteiger partial charge in [-0.1, -0.05) is 68.1 Å². The van der Waals surface area contributed by atoms with Crippen molar-refractivity contribution in [2.45, 2.75) is 44.5 Å². The standard InChI is InChI=1S/C31H27F3N6O2S2/c1-18(2)23-5-3-4-6-26(23)40-27(41)16-44-30(40)37-29(43)36-25-15-24(25)19-7-9-20(10-8-19)28-35-17-39(38-28)21-11-13-22(14-12-21)42-31(32,33)34/h3-14,17-18,24-25H,15-16H2,1-2H3,(H,36,43)/b37-30-. The number of rotatable bonds is 7. The summed E-state index contributed by atoms with van der Waals surface area (Å²) in [5.74, 6) is 1.01. The van der Waals surface area contributed by atoms with Crippen LogP contribution in [0.25, 0.3) is 17.1 Å². The van der Waals surface area contributed by atoms with E-state index in [0.717, 1.165) is 28.8 Å². The molecule has 44 heavy (non-hydrogen) atoms. The molecule has 1 saturated carbocycles. The number of amidine groups is 1. The third-order valence-electron chi connectivity index (χ3n) is 7.29. The van der Waals surface area contributed by atoms with Crippen molar-refractivity contribution in [1.29, 1.82) is 0 Å². The Morgan fingerprint density at radius 1 is 1.09 bits per heavy atom. The third-order valence-corrected chi connectivity index (χ3v) is 8.42. The number of amides is 1. The summed E-state index contributed by atoms with van der Waals surface area (Å²) < 4.78 is 42.7. The van der Waals surface area contributed by atoms with E-state index < -0.39 is 6.36 Å². The maximum absolute atomic E-state index is 12.8. The molecule has 0 radical (unpaired) electrons. The van der Waals surface area contributed by atoms with Gasteiger partial charge in [-0.25, -0.2) is 9.67 Å². The topological polar surface area (TPSA) is 84.6 Å². The van der Waals surface area contributed by atoms with Crippen molar-refractivity contribution in [2.24, 2.45) is 4.99 Å². The highest BCUT2D eigenvalue weighted by molar-refractivity contribution is 8.15. The monoisotopic (exact) mass is 636 g/mol. The number of thiocarbonyl (C=S) groups is 1. The fourth-order valence-corrected chi connectivity index (χ4v) is 6.22. The molecule has 4 aromatic rings. The number of hydrogen-bond acceptors (Lipinski definition) is 6. The molecule has 1 aliphatic heterocycles. The molecule has 13 heteroatoms. The fourth-order valence-electron chi connectivity index (χ4n) is 5.06. The number of ether oxygens (including phenoxy) is 1. The Morgan fingerprint density at radius 2 is 1.82 bits per heavy atom. The number of para-hydroxylation sites is 1. The van der Waals surface area contributed by atoms with Gasteiger partial charge in [0.05, 0.1) is 17.1 Å². The maximum atomic E-state index is 12.8. The van der Waals surface area contributed by atoms with Crippen LogP contribution in [-0.4, -0.2) is 49.1 Å². The first-order valence-electron chi connectivity index (χ1n) is 13.9. The second kappa shape index (κ2) is 12.0. The number of anilines is 1. The molecule has 226 valence electrons. The number of alkyl halides is 3. The molecular formula is C31H27F3N6O2S2. The first-order chi connectivity index (χ1) is 21.1. The van der Waals surface area contributed by atoms with Crippen molar-refractivity contribution >= 4 is 45.9 Å². The van der Waals surface area contributed by atoms with Crippen molar-refractivity contribution in [3.63, 3.8) is 0 Å². The zero-order valence-electron chi connectivity index (χ0n) is 23.7. The molecule has 0 spiro atoms. The van der Waals surface area contributed by atoms with E-state index in [2.05, 4.69) is 39.0 Å². The average Bonchev–Trinajstić information content (AvgIpc) is 3.39. The zero-order chi connectivity index (χ0) is 31.0. The van der Waals surface area contributed by atoms with Crippen molar-refractivity contribution in [3.8, 4) is 22.8 Å². The lowest BCUT2D eigenvalue weighted by molar-refractivity contribution is -0.274. The second-order valence-electron chi connectivity index (χ2n) is 10.7. The van der Waals surface area contributed by atoms with Crippen LogP contribution in [0, 0.1) is 0 Å². The van der Waals surface area contributed by atoms with E-state index in [0.29, 0.717) is 27.5 Å². The number of thioether (sulfide) groups is 1. The summed E-state index contributed by atoms with van der Waals surface area (Å²) in [6, 6.07) is 21.3. The largest absolute Gasteiger partial charge is 0.573 e. The summed E-state index contributed by atoms with van der Waals surface area (Å²) in [7, 11) is 0. The van der Waals surface area contributed by atoms with Crippen LogP contribution in [0.2, 0.25) is 0 Å². The van der Waals surface area contributed by atoms with Gasteiger partial charge < -0.3 is 10.1 Å². The third kappa shape index (κ3) is 6.63. The van der Waals surface area contributed by atoms with Crippen LogP contribution in [0.4, 0.5) is 18.9 Å². The maximum Gasteiger partial charge on any atom is 0.573 e. The average molecular weight is 637 g/mol. The minimum Gasteiger partial charge on any atom is -0.406 e. The lowest BCUT2D eigenvalue weighted by Crippen LogP contribution is -2.32. The number of aliphatic imine (C=N–C) groups is 1. The summed E-state index contributed by atoms with van der Waals surface area (Å²) >= 11 is 6.96. The molecule has 2 atom stereocenters. The molecule has 1 saturated heterocycles. The van der Waals surface area contributed by atoms with Gasteiger partial charge in [0.1, 0.15) is 12.1 Å². The van der Waals surface area contributed by atoms with Gasteiger partial charge in [0.25, 0.3) is 0 Å². The lowest BCUT2D eigenvalue weighted by Gasteiger charge is -2.21. The first-order valence-corrected chi connectivity index (χ1v) is 15.3. The van der Waals surface area contributed by atoms with Crippen LogP contribution in [0.5, 0.6) is 5.75 Å². The van der Waals surface area contributed by atoms with Crippen LogP contribution in [-0.2, 0) is 4.79 Å². The summed E-state index contributed by atoms with van der Waals surface area (Å²) in [6.45, 7) is 4.20. The molecule has 8 nitrogen and oxygen atoms in total. The van der Waals surface area contributed by atoms with Gasteiger partial charge in [-0.2, -0.15) is 4.99 Å². The number of aromatic nitrogens is 3. The molecule has 6 rings (SSSR count). The highest BCUT2D eigenvalue weighted by Gasteiger charge is 2.39. The zero-order valence-corrected chi connectivity index (χ0v) is 25.3. The first kappa shape index (κ1) is 29.8. The molecule has 2 fully saturated rings. The molecule has 0 bridgehead atoms. The van der Waals surface area contributed by atoms with E-state index in [1.807, 2.05) is 48.5 Å². The fraction of sp³-hybridized carbons (Fsp3) is 0.258. The van der Waals surface area contributed by atoms with Crippen LogP contribution in [0.1, 0.15) is 43.2 Å². The molecular weight excluding hydrogens is 610 g/mol. The number of carbonyl (C=O) groups is 1. The van der Waals surface area contributed by atoms with Gasteiger partial charge >= 0.3 is 6.36 Å². The predicted octanol–water partition coefficient (Wildman–Crippen LogP) is 6.82. The lowest BCUT2D eigenvalue weighted by atomic mass is 10.0. The van der Waals surface area contributed by atoms with Gasteiger partial charge in [-0.15, -0.1) is 18.3 Å². The van der Waals surface area contributed by atoms with E-state index in [1.165, 1.54) is 47.0 Å². The number of nitrogens with one attached hydrogen (secondary N) is 1. The Kier molecular flexibility index (Phi) is 8.16. The number of benzene rings is 3. The van der Waals surface area contributed by atoms with Crippen molar-refractivity contribution < 1.29 is 22.7 Å². The van der Waals surface area contributed by atoms with Crippen molar-refractivity contribution in [3.05, 3.63) is 90.3 Å². The van der Waals surface area contributed by atoms with E-state index in [1.54, 1.807) is 4.90 Å². The van der Waals surface area contributed by atoms with Gasteiger partial charge in [0.2, 0.25) is 5.91 Å². The molecule has 3 aromatic carbocycles. The minimum absolute atomic E-state index is 0.0122. The number of carbonyl (C=O) groups excluding carboxylic acids is 1. The molecule has 2 heterocycles. The number of hydrogen-bond donors (Lipinski definition) is 1. The normalized spacial score (nSPS) is 19.1. The SMILES string of the molecule is CC(C)c1ccccc1N1C(=O)CS/C1=N\C(=S)NC1CC1c1ccc(-c2ncn(-c3ccc(OC(F)(F)F)cc3)n2)cc1. The van der Waals surface area contributed by atoms with Crippen molar-refractivity contribution in [1.82, 2.24) is 20.1 Å². The molecule has 2 aliphatic rings. The summed E-state index contributed by atoms with van der Waals surface area (Å²) in [6.07, 6.45) is -2.34. The predicted molar refractivity (Wildman–Crippen MR) is 168 cm³/mol. The van der Waals surface area contributed by atoms with Crippen LogP contribution in [0.3, 0.4) is 0 Å². The Bertz CT molecular complexity index is 1720. The summed E-state index contributed by atoms with van der Waals surface area (Å²) in [5, 5.41) is 8.73. The van der Waals surface area contributed by atoms with E-state index in [9.17, 15) is 18.0 Å². The van der Waals surface area contributed by atoms with Gasteiger partial charge in [0.15, 0.2) is 16.1 Å². The van der Waals surface area contributed by atoms with Gasteiger partial charge in [-0.3, -0.25) is 9.69 Å². The molecule has 1 amide bonds. The van der Waals surface area contributed by atoms with Crippen molar-refractivity contribution in [2.75, 3.05) is 10.7 Å². The Hall–Kier alpha value is -4.23. The van der Waals surface area contributed by atoms with Gasteiger partial charge in [-0.05, 0) is 66.0 Å². The Labute approximate surface area is 261 Å². The quantitative estimate of drug-likeness (QED) is 0.223. The highest BCUT2D eigenvalue weighted by atomic mass is 32.2. The van der Waals surface area contributed by atoms with Crippen LogP contribution >= 0.6 is 24.0 Å². The van der Waals surface area contributed by atoms with E-state index >= 15 is 0 Å². The van der Waals surface area contributed by atoms with Crippen LogP contribution < -0.4 is 15.0 Å². The Balaban J connectivity index is 1.07. The minimum atomic E-state index is -4.75. The smallest absolute Gasteiger partial charge is 0.406 e. The summed E-state index contributed by atoms with van der Waals surface area (Å²) in [4.78, 5) is 23.4. The van der Waals surface area contributed by atoms with E-state index in [4.69, 9.17) is 12.2 Å². The number of halogens is 3. The number of nitrogens with zero attached hydrogens (tertiary/aromatic N) is 5. The molecule has 2 unspecified atom stereocenters. The molecule has 1 N–H and O–H groups in total. The summed E-state index contributed by atoms with van der Waals surface area (Å²) in [5.41, 5.74) is 4.42. The Morgan fingerprint density at radius 3 is 2.52 bits per heavy atom. The second-order valence-corrected chi connectivity index (χ2v) is 12.0. The molecule has 1 aromatic heterocycles. The van der Waals surface area contributed by atoms with Gasteiger partial charge in [0, 0.05) is 17.5 Å². The highest BCUT2D eigenvalue weighted by Crippen LogP contribution is 2.41. The van der Waals surface area contributed by atoms with Crippen LogP contribution in [0.15, 0.2) is 84.1 Å². The van der Waals surface area contributed by atoms with E-state index in [-0.39, 0.29) is 29.5 Å².